The van der Waals surface area contributed by atoms with Crippen LogP contribution in [0.15, 0.2) is 71.6 Å². The van der Waals surface area contributed by atoms with Crippen molar-refractivity contribution in [3.05, 3.63) is 93.5 Å². The number of carbonyl (C=O) groups excluding carboxylic acids is 1. The van der Waals surface area contributed by atoms with Crippen molar-refractivity contribution in [3.8, 4) is 0 Å². The predicted octanol–water partition coefficient (Wildman–Crippen LogP) is 5.44. The van der Waals surface area contributed by atoms with E-state index in [-0.39, 0.29) is 18.0 Å². The quantitative estimate of drug-likeness (QED) is 0.493. The topological polar surface area (TPSA) is 66.5 Å². The number of hydrogen-bond donors (Lipinski definition) is 1. The fourth-order valence-corrected chi connectivity index (χ4v) is 5.34. The van der Waals surface area contributed by atoms with Gasteiger partial charge in [-0.2, -0.15) is 4.31 Å². The Hall–Kier alpha value is -2.38. The van der Waals surface area contributed by atoms with Crippen molar-refractivity contribution in [1.29, 1.82) is 0 Å². The summed E-state index contributed by atoms with van der Waals surface area (Å²) in [6.45, 7) is 3.26. The average Bonchev–Trinajstić information content (AvgIpc) is 2.69. The van der Waals surface area contributed by atoms with Gasteiger partial charge in [0.05, 0.1) is 11.4 Å². The number of carbonyl (C=O) groups is 1. The molecule has 5 nitrogen and oxygen atoms in total. The molecule has 3 aromatic rings. The molecule has 3 rings (SSSR count). The van der Waals surface area contributed by atoms with Crippen LogP contribution in [0.4, 0.5) is 5.69 Å². The van der Waals surface area contributed by atoms with E-state index in [1.165, 1.54) is 4.31 Å². The van der Waals surface area contributed by atoms with E-state index in [1.54, 1.807) is 37.3 Å². The van der Waals surface area contributed by atoms with E-state index in [4.69, 9.17) is 23.2 Å². The zero-order chi connectivity index (χ0) is 22.6. The largest absolute Gasteiger partial charge is 0.325 e. The van der Waals surface area contributed by atoms with Gasteiger partial charge in [-0.05, 0) is 54.8 Å². The van der Waals surface area contributed by atoms with E-state index >= 15 is 0 Å². The van der Waals surface area contributed by atoms with Crippen LogP contribution in [0.25, 0.3) is 0 Å². The first-order chi connectivity index (χ1) is 14.6. The summed E-state index contributed by atoms with van der Waals surface area (Å²) >= 11 is 12.0. The molecule has 0 spiro atoms. The van der Waals surface area contributed by atoms with Crippen molar-refractivity contribution in [1.82, 2.24) is 4.31 Å². The van der Waals surface area contributed by atoms with Gasteiger partial charge in [-0.15, -0.1) is 0 Å². The molecule has 0 fully saturated rings. The molecule has 0 aliphatic carbocycles. The smallest absolute Gasteiger partial charge is 0.244 e. The number of hydrogen-bond acceptors (Lipinski definition) is 3. The van der Waals surface area contributed by atoms with E-state index in [0.717, 1.165) is 11.1 Å². The first kappa shape index (κ1) is 23.3. The maximum Gasteiger partial charge on any atom is 0.244 e. The first-order valence-electron chi connectivity index (χ1n) is 9.52. The summed E-state index contributed by atoms with van der Waals surface area (Å²) in [7, 11) is -3.94. The van der Waals surface area contributed by atoms with Gasteiger partial charge in [0.25, 0.3) is 0 Å². The molecular formula is C23H22Cl2N2O3S. The van der Waals surface area contributed by atoms with Crippen LogP contribution in [0.5, 0.6) is 0 Å². The number of rotatable bonds is 7. The van der Waals surface area contributed by atoms with Gasteiger partial charge in [0.2, 0.25) is 15.9 Å². The zero-order valence-electron chi connectivity index (χ0n) is 17.1. The molecule has 0 aliphatic rings. The van der Waals surface area contributed by atoms with Gasteiger partial charge in [0.1, 0.15) is 0 Å². The number of halogens is 2. The molecule has 0 unspecified atom stereocenters. The highest BCUT2D eigenvalue weighted by Gasteiger charge is 2.28. The number of aryl methyl sites for hydroxylation is 2. The summed E-state index contributed by atoms with van der Waals surface area (Å²) < 4.78 is 28.2. The normalized spacial score (nSPS) is 11.5. The van der Waals surface area contributed by atoms with Crippen LogP contribution in [0, 0.1) is 13.8 Å². The Morgan fingerprint density at radius 3 is 2.23 bits per heavy atom. The third-order valence-electron chi connectivity index (χ3n) is 4.63. The Balaban J connectivity index is 1.92. The van der Waals surface area contributed by atoms with E-state index in [9.17, 15) is 13.2 Å². The van der Waals surface area contributed by atoms with Crippen molar-refractivity contribution in [2.24, 2.45) is 0 Å². The predicted molar refractivity (Wildman–Crippen MR) is 125 cm³/mol. The fourth-order valence-electron chi connectivity index (χ4n) is 3.12. The van der Waals surface area contributed by atoms with Crippen LogP contribution >= 0.6 is 23.2 Å². The summed E-state index contributed by atoms with van der Waals surface area (Å²) in [6, 6.07) is 19.0. The van der Waals surface area contributed by atoms with E-state index in [0.29, 0.717) is 21.3 Å². The Bertz CT molecular complexity index is 1180. The summed E-state index contributed by atoms with van der Waals surface area (Å²) in [4.78, 5) is 12.9. The Morgan fingerprint density at radius 1 is 0.935 bits per heavy atom. The minimum absolute atomic E-state index is 0.0558. The first-order valence-corrected chi connectivity index (χ1v) is 11.7. The highest BCUT2D eigenvalue weighted by molar-refractivity contribution is 7.89. The zero-order valence-corrected chi connectivity index (χ0v) is 19.4. The molecule has 0 bridgehead atoms. The van der Waals surface area contributed by atoms with Crippen LogP contribution in [0.3, 0.4) is 0 Å². The van der Waals surface area contributed by atoms with E-state index in [1.807, 2.05) is 43.3 Å². The molecule has 0 radical (unpaired) electrons. The molecule has 1 N–H and O–H groups in total. The summed E-state index contributed by atoms with van der Waals surface area (Å²) in [6.07, 6.45) is 0. The highest BCUT2D eigenvalue weighted by Crippen LogP contribution is 2.25. The molecule has 0 aromatic heterocycles. The lowest BCUT2D eigenvalue weighted by Gasteiger charge is -2.23. The molecule has 31 heavy (non-hydrogen) atoms. The lowest BCUT2D eigenvalue weighted by Crippen LogP contribution is -2.38. The molecule has 162 valence electrons. The number of anilines is 1. The monoisotopic (exact) mass is 476 g/mol. The van der Waals surface area contributed by atoms with E-state index < -0.39 is 15.9 Å². The van der Waals surface area contributed by atoms with Gasteiger partial charge in [-0.25, -0.2) is 8.42 Å². The minimum atomic E-state index is -3.94. The molecule has 3 aromatic carbocycles. The standard InChI is InChI=1S/C23H22Cl2N2O3S/c1-16-8-9-17(2)22(10-16)31(29,30)27(14-18-6-4-3-5-7-18)15-23(28)26-21-12-19(24)11-20(25)13-21/h3-13H,14-15H2,1-2H3,(H,26,28). The van der Waals surface area contributed by atoms with Crippen LogP contribution in [0.2, 0.25) is 10.0 Å². The Labute approximate surface area is 192 Å². The minimum Gasteiger partial charge on any atom is -0.325 e. The fraction of sp³-hybridized carbons (Fsp3) is 0.174. The van der Waals surface area contributed by atoms with Gasteiger partial charge in [0, 0.05) is 22.3 Å². The highest BCUT2D eigenvalue weighted by atomic mass is 35.5. The maximum absolute atomic E-state index is 13.5. The number of benzene rings is 3. The average molecular weight is 477 g/mol. The lowest BCUT2D eigenvalue weighted by molar-refractivity contribution is -0.116. The molecule has 0 aliphatic heterocycles. The molecule has 0 atom stereocenters. The van der Waals surface area contributed by atoms with Crippen molar-refractivity contribution in [3.63, 3.8) is 0 Å². The van der Waals surface area contributed by atoms with Gasteiger partial charge >= 0.3 is 0 Å². The summed E-state index contributed by atoms with van der Waals surface area (Å²) in [5.41, 5.74) is 2.61. The number of sulfonamides is 1. The van der Waals surface area contributed by atoms with Crippen molar-refractivity contribution in [2.45, 2.75) is 25.3 Å². The van der Waals surface area contributed by atoms with Crippen molar-refractivity contribution >= 4 is 44.8 Å². The van der Waals surface area contributed by atoms with E-state index in [2.05, 4.69) is 5.32 Å². The number of amides is 1. The SMILES string of the molecule is Cc1ccc(C)c(S(=O)(=O)N(CC(=O)Nc2cc(Cl)cc(Cl)c2)Cc2ccccc2)c1. The third-order valence-corrected chi connectivity index (χ3v) is 7.00. The second kappa shape index (κ2) is 9.83. The Morgan fingerprint density at radius 2 is 1.58 bits per heavy atom. The molecule has 0 saturated carbocycles. The molecule has 1 amide bonds. The van der Waals surface area contributed by atoms with Crippen LogP contribution in [-0.4, -0.2) is 25.2 Å². The van der Waals surface area contributed by atoms with Crippen molar-refractivity contribution < 1.29 is 13.2 Å². The maximum atomic E-state index is 13.5. The molecular weight excluding hydrogens is 455 g/mol. The van der Waals surface area contributed by atoms with Crippen LogP contribution < -0.4 is 5.32 Å². The number of nitrogens with zero attached hydrogens (tertiary/aromatic N) is 1. The third kappa shape index (κ3) is 6.08. The summed E-state index contributed by atoms with van der Waals surface area (Å²) in [5, 5.41) is 3.41. The summed E-state index contributed by atoms with van der Waals surface area (Å²) in [5.74, 6) is -0.497. The molecule has 0 saturated heterocycles. The van der Waals surface area contributed by atoms with Gasteiger partial charge < -0.3 is 5.32 Å². The molecule has 8 heteroatoms. The van der Waals surface area contributed by atoms with Gasteiger partial charge in [0.15, 0.2) is 0 Å². The molecule has 0 heterocycles. The second-order valence-corrected chi connectivity index (χ2v) is 10.0. The number of nitrogens with one attached hydrogen (secondary N) is 1. The second-order valence-electron chi connectivity index (χ2n) is 7.23. The van der Waals surface area contributed by atoms with Crippen molar-refractivity contribution in [2.75, 3.05) is 11.9 Å². The lowest BCUT2D eigenvalue weighted by atomic mass is 10.2. The Kier molecular flexibility index (Phi) is 7.38. The van der Waals surface area contributed by atoms with Crippen LogP contribution in [-0.2, 0) is 21.4 Å². The van der Waals surface area contributed by atoms with Gasteiger partial charge in [-0.1, -0.05) is 65.7 Å². The van der Waals surface area contributed by atoms with Crippen LogP contribution in [0.1, 0.15) is 16.7 Å². The van der Waals surface area contributed by atoms with Gasteiger partial charge in [-0.3, -0.25) is 4.79 Å².